The highest BCUT2D eigenvalue weighted by Crippen LogP contribution is 2.36. The first-order valence-corrected chi connectivity index (χ1v) is 10.7. The highest BCUT2D eigenvalue weighted by Gasteiger charge is 2.38. The predicted octanol–water partition coefficient (Wildman–Crippen LogP) is 6.67. The summed E-state index contributed by atoms with van der Waals surface area (Å²) in [6.07, 6.45) is -3.00. The number of thioether (sulfide) groups is 1. The molecule has 0 aliphatic rings. The van der Waals surface area contributed by atoms with Gasteiger partial charge in [-0.2, -0.15) is 13.2 Å². The van der Waals surface area contributed by atoms with Crippen molar-refractivity contribution in [2.45, 2.75) is 24.9 Å². The molecule has 0 aliphatic heterocycles. The number of hydrogen-bond acceptors (Lipinski definition) is 5. The SMILES string of the molecule is CSc1cccc(NC(=O)c2c(Oc3ccc(Cl)c(F)c3C)nnc(C(F)(F)F)c2C)c1. The number of amides is 1. The molecular formula is C21H16ClF4N3O2S. The lowest BCUT2D eigenvalue weighted by Gasteiger charge is -2.17. The number of anilines is 1. The minimum Gasteiger partial charge on any atom is -0.437 e. The van der Waals surface area contributed by atoms with E-state index in [4.69, 9.17) is 16.3 Å². The Bertz CT molecular complexity index is 1190. The highest BCUT2D eigenvalue weighted by molar-refractivity contribution is 7.98. The minimum atomic E-state index is -4.84. The molecular weight excluding hydrogens is 470 g/mol. The van der Waals surface area contributed by atoms with Gasteiger partial charge in [-0.1, -0.05) is 17.7 Å². The van der Waals surface area contributed by atoms with Crippen LogP contribution in [0, 0.1) is 19.7 Å². The third-order valence-corrected chi connectivity index (χ3v) is 5.52. The molecule has 0 spiro atoms. The quantitative estimate of drug-likeness (QED) is 0.323. The maximum atomic E-state index is 14.1. The van der Waals surface area contributed by atoms with Crippen molar-refractivity contribution in [1.82, 2.24) is 10.2 Å². The normalized spacial score (nSPS) is 11.4. The molecule has 11 heteroatoms. The Morgan fingerprint density at radius 1 is 1.12 bits per heavy atom. The van der Waals surface area contributed by atoms with Gasteiger partial charge in [0.2, 0.25) is 0 Å². The van der Waals surface area contributed by atoms with Crippen molar-refractivity contribution in [3.63, 3.8) is 0 Å². The van der Waals surface area contributed by atoms with Crippen molar-refractivity contribution in [1.29, 1.82) is 0 Å². The van der Waals surface area contributed by atoms with Gasteiger partial charge in [0.1, 0.15) is 17.1 Å². The molecule has 0 fully saturated rings. The van der Waals surface area contributed by atoms with E-state index < -0.39 is 40.6 Å². The Morgan fingerprint density at radius 2 is 1.84 bits per heavy atom. The lowest BCUT2D eigenvalue weighted by molar-refractivity contribution is -0.142. The van der Waals surface area contributed by atoms with Crippen LogP contribution in [0.3, 0.4) is 0 Å². The number of nitrogens with zero attached hydrogens (tertiary/aromatic N) is 2. The fourth-order valence-electron chi connectivity index (χ4n) is 2.85. The molecule has 0 saturated heterocycles. The number of rotatable bonds is 5. The van der Waals surface area contributed by atoms with Gasteiger partial charge in [0.15, 0.2) is 5.69 Å². The Labute approximate surface area is 190 Å². The van der Waals surface area contributed by atoms with Gasteiger partial charge in [-0.15, -0.1) is 22.0 Å². The van der Waals surface area contributed by atoms with E-state index in [1.165, 1.54) is 30.8 Å². The number of ether oxygens (including phenoxy) is 1. The summed E-state index contributed by atoms with van der Waals surface area (Å²) < 4.78 is 59.8. The molecule has 168 valence electrons. The van der Waals surface area contributed by atoms with Crippen molar-refractivity contribution < 1.29 is 27.1 Å². The van der Waals surface area contributed by atoms with Crippen LogP contribution in [-0.2, 0) is 6.18 Å². The van der Waals surface area contributed by atoms with Crippen molar-refractivity contribution in [3.8, 4) is 11.6 Å². The minimum absolute atomic E-state index is 0.00381. The molecule has 1 N–H and O–H groups in total. The number of carbonyl (C=O) groups is 1. The second-order valence-corrected chi connectivity index (χ2v) is 7.91. The average Bonchev–Trinajstić information content (AvgIpc) is 2.73. The van der Waals surface area contributed by atoms with Gasteiger partial charge in [0.25, 0.3) is 11.8 Å². The van der Waals surface area contributed by atoms with Crippen molar-refractivity contribution in [2.24, 2.45) is 0 Å². The summed E-state index contributed by atoms with van der Waals surface area (Å²) >= 11 is 7.16. The summed E-state index contributed by atoms with van der Waals surface area (Å²) in [5.41, 5.74) is -1.92. The molecule has 3 rings (SSSR count). The van der Waals surface area contributed by atoms with E-state index in [9.17, 15) is 22.4 Å². The number of hydrogen-bond donors (Lipinski definition) is 1. The number of halogens is 5. The number of nitrogens with one attached hydrogen (secondary N) is 1. The predicted molar refractivity (Wildman–Crippen MR) is 114 cm³/mol. The third kappa shape index (κ3) is 4.97. The lowest BCUT2D eigenvalue weighted by Crippen LogP contribution is -2.21. The van der Waals surface area contributed by atoms with E-state index in [2.05, 4.69) is 15.5 Å². The third-order valence-electron chi connectivity index (χ3n) is 4.50. The zero-order valence-electron chi connectivity index (χ0n) is 17.0. The van der Waals surface area contributed by atoms with E-state index in [0.29, 0.717) is 5.69 Å². The van der Waals surface area contributed by atoms with Crippen LogP contribution in [0.5, 0.6) is 11.6 Å². The largest absolute Gasteiger partial charge is 0.437 e. The summed E-state index contributed by atoms with van der Waals surface area (Å²) in [7, 11) is 0. The molecule has 0 bridgehead atoms. The molecule has 1 amide bonds. The first-order chi connectivity index (χ1) is 15.0. The van der Waals surface area contributed by atoms with Gasteiger partial charge in [-0.3, -0.25) is 4.79 Å². The maximum Gasteiger partial charge on any atom is 0.435 e. The van der Waals surface area contributed by atoms with E-state index >= 15 is 0 Å². The van der Waals surface area contributed by atoms with Crippen molar-refractivity contribution in [3.05, 3.63) is 69.6 Å². The number of carbonyl (C=O) groups excluding carboxylic acids is 1. The molecule has 0 aliphatic carbocycles. The average molecular weight is 486 g/mol. The van der Waals surface area contributed by atoms with Crippen LogP contribution in [0.25, 0.3) is 0 Å². The highest BCUT2D eigenvalue weighted by atomic mass is 35.5. The lowest BCUT2D eigenvalue weighted by atomic mass is 10.1. The number of benzene rings is 2. The molecule has 0 radical (unpaired) electrons. The van der Waals surface area contributed by atoms with Crippen molar-refractivity contribution in [2.75, 3.05) is 11.6 Å². The smallest absolute Gasteiger partial charge is 0.435 e. The van der Waals surface area contributed by atoms with Crippen LogP contribution in [0.4, 0.5) is 23.2 Å². The molecule has 3 aromatic rings. The van der Waals surface area contributed by atoms with Crippen LogP contribution >= 0.6 is 23.4 Å². The fourth-order valence-corrected chi connectivity index (χ4v) is 3.52. The van der Waals surface area contributed by atoms with Gasteiger partial charge >= 0.3 is 6.18 Å². The molecule has 32 heavy (non-hydrogen) atoms. The monoisotopic (exact) mass is 485 g/mol. The Morgan fingerprint density at radius 3 is 2.50 bits per heavy atom. The molecule has 0 unspecified atom stereocenters. The summed E-state index contributed by atoms with van der Waals surface area (Å²) in [5, 5.41) is 9.06. The van der Waals surface area contributed by atoms with E-state index in [-0.39, 0.29) is 16.3 Å². The van der Waals surface area contributed by atoms with Crippen LogP contribution in [-0.4, -0.2) is 22.4 Å². The molecule has 5 nitrogen and oxygen atoms in total. The Hall–Kier alpha value is -2.85. The van der Waals surface area contributed by atoms with Gasteiger partial charge < -0.3 is 10.1 Å². The first-order valence-electron chi connectivity index (χ1n) is 9.05. The van der Waals surface area contributed by atoms with E-state index in [1.807, 2.05) is 12.3 Å². The van der Waals surface area contributed by atoms with Crippen molar-refractivity contribution >= 4 is 35.0 Å². The Kier molecular flexibility index (Phi) is 6.94. The van der Waals surface area contributed by atoms with Crippen LogP contribution in [0.2, 0.25) is 5.02 Å². The molecule has 2 aromatic carbocycles. The van der Waals surface area contributed by atoms with Gasteiger partial charge in [-0.05, 0) is 56.0 Å². The zero-order valence-corrected chi connectivity index (χ0v) is 18.5. The van der Waals surface area contributed by atoms with Gasteiger partial charge in [0.05, 0.1) is 5.02 Å². The van der Waals surface area contributed by atoms with E-state index in [0.717, 1.165) is 11.8 Å². The molecule has 0 saturated carbocycles. The van der Waals surface area contributed by atoms with Crippen LogP contribution < -0.4 is 10.1 Å². The standard InChI is InChI=1S/C21H16ClF4N3O2S/c1-10-15(8-7-14(22)17(10)23)31-20-16(11(2)18(28-29-20)21(24,25)26)19(30)27-12-5-4-6-13(9-12)32-3/h4-9H,1-3H3,(H,27,30). The summed E-state index contributed by atoms with van der Waals surface area (Å²) in [6, 6.07) is 9.30. The molecule has 1 heterocycles. The first kappa shape index (κ1) is 23.8. The van der Waals surface area contributed by atoms with Crippen LogP contribution in [0.15, 0.2) is 41.3 Å². The van der Waals surface area contributed by atoms with E-state index in [1.54, 1.807) is 18.2 Å². The molecule has 1 aromatic heterocycles. The van der Waals surface area contributed by atoms with Gasteiger partial charge in [0, 0.05) is 16.1 Å². The maximum absolute atomic E-state index is 14.1. The van der Waals surface area contributed by atoms with Gasteiger partial charge in [-0.25, -0.2) is 4.39 Å². The van der Waals surface area contributed by atoms with Crippen LogP contribution in [0.1, 0.15) is 27.2 Å². The zero-order chi connectivity index (χ0) is 23.6. The molecule has 0 atom stereocenters. The summed E-state index contributed by atoms with van der Waals surface area (Å²) in [4.78, 5) is 13.8. The summed E-state index contributed by atoms with van der Waals surface area (Å²) in [6.45, 7) is 2.46. The summed E-state index contributed by atoms with van der Waals surface area (Å²) in [5.74, 6) is -2.22. The topological polar surface area (TPSA) is 64.1 Å². The second kappa shape index (κ2) is 9.33. The second-order valence-electron chi connectivity index (χ2n) is 6.62. The Balaban J connectivity index is 2.09. The fraction of sp³-hybridized carbons (Fsp3) is 0.190. The number of aromatic nitrogens is 2. The number of alkyl halides is 3.